The van der Waals surface area contributed by atoms with Crippen LogP contribution in [-0.4, -0.2) is 30.3 Å². The fraction of sp³-hybridized carbons (Fsp3) is 0.263. The summed E-state index contributed by atoms with van der Waals surface area (Å²) in [6, 6.07) is 12.1. The summed E-state index contributed by atoms with van der Waals surface area (Å²) >= 11 is 0. The Balaban J connectivity index is 2.22. The van der Waals surface area contributed by atoms with E-state index in [-0.39, 0.29) is 0 Å². The number of benzene rings is 2. The van der Waals surface area contributed by atoms with Crippen molar-refractivity contribution in [3.63, 3.8) is 0 Å². The number of carbonyl (C=O) groups is 1. The molecule has 0 amide bonds. The smallest absolute Gasteiger partial charge is 0.346 e. The number of ether oxygens (including phenoxy) is 1. The van der Waals surface area contributed by atoms with E-state index in [1.54, 1.807) is 20.0 Å². The minimum absolute atomic E-state index is 0.310. The van der Waals surface area contributed by atoms with Crippen molar-refractivity contribution in [3.8, 4) is 0 Å². The second-order valence-corrected chi connectivity index (χ2v) is 5.74. The molecule has 3 N–H and O–H groups in total. The molecule has 0 aliphatic rings. The lowest BCUT2D eigenvalue weighted by atomic mass is 10.0. The van der Waals surface area contributed by atoms with Gasteiger partial charge in [0.2, 0.25) is 5.52 Å². The number of esters is 1. The van der Waals surface area contributed by atoms with Crippen molar-refractivity contribution in [1.82, 2.24) is 0 Å². The van der Waals surface area contributed by atoms with Crippen LogP contribution in [0.15, 0.2) is 42.6 Å². The number of H-pyrrole nitrogens is 1. The van der Waals surface area contributed by atoms with Crippen LogP contribution >= 0.6 is 0 Å². The van der Waals surface area contributed by atoms with Gasteiger partial charge in [-0.25, -0.2) is 9.78 Å². The standard InChI is InChI=1S/C19H20N2O3/c1-3-24-19(23)16-11-21-17-14-7-5-4-6-13(14)8-9-15(17)18(16)20-10-12(2)22/h4-9,11-12,22H,3,10H2,1-2H3,(H,20,21)/p+1/t12-/m1/s1. The maximum Gasteiger partial charge on any atom is 0.346 e. The van der Waals surface area contributed by atoms with Gasteiger partial charge in [0.1, 0.15) is 5.56 Å². The first-order valence-corrected chi connectivity index (χ1v) is 8.07. The van der Waals surface area contributed by atoms with Gasteiger partial charge in [0.15, 0.2) is 6.20 Å². The normalized spacial score (nSPS) is 12.3. The van der Waals surface area contributed by atoms with E-state index in [1.807, 2.05) is 36.4 Å². The van der Waals surface area contributed by atoms with Crippen LogP contribution in [0.3, 0.4) is 0 Å². The molecule has 0 unspecified atom stereocenters. The Morgan fingerprint density at radius 1 is 1.25 bits per heavy atom. The number of aromatic amines is 1. The van der Waals surface area contributed by atoms with Gasteiger partial charge in [-0.1, -0.05) is 24.3 Å². The molecule has 1 aromatic heterocycles. The van der Waals surface area contributed by atoms with Gasteiger partial charge in [-0.15, -0.1) is 0 Å². The van der Waals surface area contributed by atoms with Gasteiger partial charge >= 0.3 is 5.97 Å². The molecule has 1 atom stereocenters. The molecule has 5 nitrogen and oxygen atoms in total. The van der Waals surface area contributed by atoms with Crippen molar-refractivity contribution >= 4 is 33.3 Å². The largest absolute Gasteiger partial charge is 0.462 e. The van der Waals surface area contributed by atoms with Crippen molar-refractivity contribution in [2.75, 3.05) is 18.5 Å². The summed E-state index contributed by atoms with van der Waals surface area (Å²) in [6.45, 7) is 4.13. The van der Waals surface area contributed by atoms with Crippen LogP contribution in [0.25, 0.3) is 21.7 Å². The van der Waals surface area contributed by atoms with Crippen molar-refractivity contribution in [2.24, 2.45) is 0 Å². The number of hydrogen-bond donors (Lipinski definition) is 2. The second-order valence-electron chi connectivity index (χ2n) is 5.74. The first kappa shape index (κ1) is 16.2. The van der Waals surface area contributed by atoms with E-state index in [9.17, 15) is 9.90 Å². The van der Waals surface area contributed by atoms with E-state index >= 15 is 0 Å². The summed E-state index contributed by atoms with van der Waals surface area (Å²) < 4.78 is 5.15. The third-order valence-electron chi connectivity index (χ3n) is 3.90. The monoisotopic (exact) mass is 325 g/mol. The Hall–Kier alpha value is -2.66. The molecule has 0 fully saturated rings. The highest BCUT2D eigenvalue weighted by molar-refractivity contribution is 6.11. The van der Waals surface area contributed by atoms with E-state index in [0.29, 0.717) is 24.4 Å². The minimum atomic E-state index is -0.528. The van der Waals surface area contributed by atoms with Crippen molar-refractivity contribution in [3.05, 3.63) is 48.2 Å². The van der Waals surface area contributed by atoms with Crippen LogP contribution in [0, 0.1) is 0 Å². The quantitative estimate of drug-likeness (QED) is 0.559. The van der Waals surface area contributed by atoms with Crippen molar-refractivity contribution in [2.45, 2.75) is 20.0 Å². The zero-order valence-corrected chi connectivity index (χ0v) is 13.8. The van der Waals surface area contributed by atoms with Crippen LogP contribution in [0.1, 0.15) is 24.2 Å². The molecule has 0 aliphatic heterocycles. The fourth-order valence-electron chi connectivity index (χ4n) is 2.81. The zero-order valence-electron chi connectivity index (χ0n) is 13.8. The molecule has 2 aromatic carbocycles. The average molecular weight is 325 g/mol. The molecule has 0 saturated heterocycles. The highest BCUT2D eigenvalue weighted by Gasteiger charge is 2.21. The number of aromatic nitrogens is 1. The zero-order chi connectivity index (χ0) is 17.1. The summed E-state index contributed by atoms with van der Waals surface area (Å²) in [5, 5.41) is 15.9. The van der Waals surface area contributed by atoms with Gasteiger partial charge in [0.25, 0.3) is 0 Å². The molecule has 1 heterocycles. The van der Waals surface area contributed by atoms with Gasteiger partial charge in [-0.05, 0) is 31.4 Å². The summed E-state index contributed by atoms with van der Waals surface area (Å²) in [5.74, 6) is -0.392. The van der Waals surface area contributed by atoms with Crippen molar-refractivity contribution < 1.29 is 19.6 Å². The Morgan fingerprint density at radius 3 is 2.79 bits per heavy atom. The molecule has 5 heteroatoms. The lowest BCUT2D eigenvalue weighted by Crippen LogP contribution is -2.20. The number of aliphatic hydroxyl groups is 1. The first-order chi connectivity index (χ1) is 11.6. The number of nitrogens with one attached hydrogen (secondary N) is 2. The SMILES string of the molecule is CCOC(=O)c1c[nH+]c2c(ccc3ccccc32)c1NC[C@@H](C)O. The predicted octanol–water partition coefficient (Wildman–Crippen LogP) is 2.78. The third-order valence-corrected chi connectivity index (χ3v) is 3.90. The van der Waals surface area contributed by atoms with Gasteiger partial charge in [-0.3, -0.25) is 0 Å². The van der Waals surface area contributed by atoms with E-state index in [2.05, 4.69) is 10.3 Å². The Morgan fingerprint density at radius 2 is 2.04 bits per heavy atom. The molecule has 3 rings (SSSR count). The molecular formula is C19H21N2O3+. The number of fused-ring (bicyclic) bond motifs is 3. The number of pyridine rings is 1. The number of aliphatic hydroxyl groups excluding tert-OH is 1. The van der Waals surface area contributed by atoms with E-state index in [1.165, 1.54) is 0 Å². The topological polar surface area (TPSA) is 72.7 Å². The molecule has 0 saturated carbocycles. The van der Waals surface area contributed by atoms with Crippen LogP contribution in [-0.2, 0) is 4.74 Å². The maximum atomic E-state index is 12.3. The second kappa shape index (κ2) is 6.84. The Labute approximate surface area is 140 Å². The van der Waals surface area contributed by atoms with Gasteiger partial charge in [0, 0.05) is 6.54 Å². The van der Waals surface area contributed by atoms with Crippen LogP contribution < -0.4 is 10.3 Å². The van der Waals surface area contributed by atoms with Crippen molar-refractivity contribution in [1.29, 1.82) is 0 Å². The van der Waals surface area contributed by atoms with Gasteiger partial charge in [-0.2, -0.15) is 0 Å². The predicted molar refractivity (Wildman–Crippen MR) is 94.1 cm³/mol. The third kappa shape index (κ3) is 3.03. The molecule has 0 aliphatic carbocycles. The number of rotatable bonds is 5. The van der Waals surface area contributed by atoms with Crippen LogP contribution in [0.5, 0.6) is 0 Å². The highest BCUT2D eigenvalue weighted by Crippen LogP contribution is 2.30. The number of carbonyl (C=O) groups excluding carboxylic acids is 1. The van der Waals surface area contributed by atoms with Gasteiger partial charge < -0.3 is 15.2 Å². The Kier molecular flexibility index (Phi) is 4.62. The summed E-state index contributed by atoms with van der Waals surface area (Å²) in [7, 11) is 0. The summed E-state index contributed by atoms with van der Waals surface area (Å²) in [4.78, 5) is 15.5. The molecule has 0 bridgehead atoms. The molecule has 24 heavy (non-hydrogen) atoms. The van der Waals surface area contributed by atoms with Gasteiger partial charge in [0.05, 0.1) is 29.2 Å². The van der Waals surface area contributed by atoms with Crippen LogP contribution in [0.4, 0.5) is 5.69 Å². The first-order valence-electron chi connectivity index (χ1n) is 8.07. The highest BCUT2D eigenvalue weighted by atomic mass is 16.5. The van der Waals surface area contributed by atoms with E-state index < -0.39 is 12.1 Å². The molecule has 124 valence electrons. The average Bonchev–Trinajstić information content (AvgIpc) is 2.59. The lowest BCUT2D eigenvalue weighted by Gasteiger charge is -2.13. The minimum Gasteiger partial charge on any atom is -0.462 e. The Bertz CT molecular complexity index is 890. The fourth-order valence-corrected chi connectivity index (χ4v) is 2.81. The molecule has 0 radical (unpaired) electrons. The summed E-state index contributed by atoms with van der Waals surface area (Å²) in [6.07, 6.45) is 1.14. The molecule has 0 spiro atoms. The maximum absolute atomic E-state index is 12.3. The number of hydrogen-bond acceptors (Lipinski definition) is 4. The number of anilines is 1. The van der Waals surface area contributed by atoms with E-state index in [4.69, 9.17) is 4.74 Å². The molecule has 3 aromatic rings. The van der Waals surface area contributed by atoms with Crippen LogP contribution in [0.2, 0.25) is 0 Å². The summed E-state index contributed by atoms with van der Waals surface area (Å²) in [5.41, 5.74) is 2.04. The lowest BCUT2D eigenvalue weighted by molar-refractivity contribution is -0.343. The van der Waals surface area contributed by atoms with E-state index in [0.717, 1.165) is 21.7 Å². The molecular weight excluding hydrogens is 304 g/mol.